The van der Waals surface area contributed by atoms with Gasteiger partial charge in [-0.2, -0.15) is 5.10 Å². The fraction of sp³-hybridized carbons (Fsp3) is 0.154. The summed E-state index contributed by atoms with van der Waals surface area (Å²) in [5.74, 6) is -0.195. The molecule has 0 fully saturated rings. The second-order valence-electron chi connectivity index (χ2n) is 4.24. The molecule has 2 aromatic rings. The molecule has 4 N–H and O–H groups in total. The van der Waals surface area contributed by atoms with Gasteiger partial charge in [0.25, 0.3) is 5.56 Å². The number of nitrogens with one attached hydrogen (secondary N) is 2. The lowest BCUT2D eigenvalue weighted by Crippen LogP contribution is -2.15. The second-order valence-corrected chi connectivity index (χ2v) is 4.24. The molecule has 0 saturated heterocycles. The zero-order chi connectivity index (χ0) is 14.7. The van der Waals surface area contributed by atoms with Crippen LogP contribution in [0.5, 0.6) is 11.5 Å². The quantitative estimate of drug-likeness (QED) is 0.382. The summed E-state index contributed by atoms with van der Waals surface area (Å²) in [6, 6.07) is 4.29. The van der Waals surface area contributed by atoms with Crippen LogP contribution in [0.1, 0.15) is 16.8 Å². The van der Waals surface area contributed by atoms with E-state index in [0.717, 1.165) is 0 Å². The molecule has 7 heteroatoms. The first-order valence-corrected chi connectivity index (χ1v) is 5.86. The molecule has 1 aromatic heterocycles. The predicted octanol–water partition coefficient (Wildman–Crippen LogP) is 1.24. The Kier molecular flexibility index (Phi) is 3.69. The highest BCUT2D eigenvalue weighted by atomic mass is 16.3. The number of hydrogen-bond acceptors (Lipinski definition) is 6. The third kappa shape index (κ3) is 2.94. The Morgan fingerprint density at radius 3 is 2.70 bits per heavy atom. The van der Waals surface area contributed by atoms with Gasteiger partial charge in [0, 0.05) is 11.3 Å². The number of rotatable bonds is 3. The lowest BCUT2D eigenvalue weighted by atomic mass is 10.2. The van der Waals surface area contributed by atoms with Crippen molar-refractivity contribution in [1.29, 1.82) is 0 Å². The summed E-state index contributed by atoms with van der Waals surface area (Å²) in [5.41, 5.74) is 4.13. The Balaban J connectivity index is 2.14. The average molecular weight is 274 g/mol. The van der Waals surface area contributed by atoms with Crippen molar-refractivity contribution in [2.45, 2.75) is 13.8 Å². The summed E-state index contributed by atoms with van der Waals surface area (Å²) < 4.78 is 0. The zero-order valence-electron chi connectivity index (χ0n) is 11.0. The van der Waals surface area contributed by atoms with E-state index in [0.29, 0.717) is 16.8 Å². The van der Waals surface area contributed by atoms with E-state index in [2.05, 4.69) is 20.5 Å². The van der Waals surface area contributed by atoms with Gasteiger partial charge in [0.15, 0.2) is 11.5 Å². The van der Waals surface area contributed by atoms with E-state index in [1.54, 1.807) is 19.9 Å². The summed E-state index contributed by atoms with van der Waals surface area (Å²) in [4.78, 5) is 18.2. The molecule has 2 rings (SSSR count). The van der Waals surface area contributed by atoms with Crippen molar-refractivity contribution in [3.63, 3.8) is 0 Å². The average Bonchev–Trinajstić information content (AvgIpc) is 2.40. The number of aromatic hydroxyl groups is 2. The van der Waals surface area contributed by atoms with Crippen LogP contribution in [-0.4, -0.2) is 26.4 Å². The molecule has 1 aromatic carbocycles. The van der Waals surface area contributed by atoms with E-state index in [4.69, 9.17) is 0 Å². The van der Waals surface area contributed by atoms with Crippen LogP contribution < -0.4 is 11.0 Å². The van der Waals surface area contributed by atoms with Crippen LogP contribution in [0.3, 0.4) is 0 Å². The number of aromatic nitrogens is 2. The minimum Gasteiger partial charge on any atom is -0.504 e. The van der Waals surface area contributed by atoms with Gasteiger partial charge in [0.2, 0.25) is 5.95 Å². The molecule has 0 aliphatic rings. The molecule has 0 bridgehead atoms. The molecular weight excluding hydrogens is 260 g/mol. The van der Waals surface area contributed by atoms with Crippen LogP contribution >= 0.6 is 0 Å². The summed E-state index contributed by atoms with van der Waals surface area (Å²) in [6.07, 6.45) is 1.42. The highest BCUT2D eigenvalue weighted by Crippen LogP contribution is 2.23. The van der Waals surface area contributed by atoms with Crippen LogP contribution in [0.4, 0.5) is 5.95 Å². The Morgan fingerprint density at radius 2 is 2.05 bits per heavy atom. The van der Waals surface area contributed by atoms with Crippen molar-refractivity contribution < 1.29 is 10.2 Å². The maximum Gasteiger partial charge on any atom is 0.255 e. The second kappa shape index (κ2) is 5.43. The molecule has 0 amide bonds. The van der Waals surface area contributed by atoms with Crippen LogP contribution in [0.2, 0.25) is 0 Å². The monoisotopic (exact) mass is 274 g/mol. The summed E-state index contributed by atoms with van der Waals surface area (Å²) >= 11 is 0. The number of aromatic amines is 1. The predicted molar refractivity (Wildman–Crippen MR) is 75.3 cm³/mol. The molecule has 7 nitrogen and oxygen atoms in total. The molecule has 104 valence electrons. The van der Waals surface area contributed by atoms with Gasteiger partial charge in [0.05, 0.1) is 6.21 Å². The smallest absolute Gasteiger partial charge is 0.255 e. The number of phenolic OH excluding ortho intramolecular Hbond substituents is 2. The molecule has 0 aliphatic carbocycles. The molecule has 0 spiro atoms. The minimum atomic E-state index is -0.230. The molecular formula is C13H14N4O3. The SMILES string of the molecule is Cc1nc(N/N=C\c2ccc(O)c(O)c2)[nH]c(=O)c1C. The molecule has 0 atom stereocenters. The third-order valence-corrected chi connectivity index (χ3v) is 2.78. The van der Waals surface area contributed by atoms with E-state index in [1.165, 1.54) is 18.3 Å². The largest absolute Gasteiger partial charge is 0.504 e. The van der Waals surface area contributed by atoms with Crippen molar-refractivity contribution in [1.82, 2.24) is 9.97 Å². The van der Waals surface area contributed by atoms with Crippen molar-refractivity contribution in [3.8, 4) is 11.5 Å². The lowest BCUT2D eigenvalue weighted by molar-refractivity contribution is 0.403. The van der Waals surface area contributed by atoms with Gasteiger partial charge < -0.3 is 10.2 Å². The first-order chi connectivity index (χ1) is 9.47. The fourth-order valence-corrected chi connectivity index (χ4v) is 1.49. The van der Waals surface area contributed by atoms with Gasteiger partial charge in [-0.3, -0.25) is 9.78 Å². The van der Waals surface area contributed by atoms with Gasteiger partial charge in [0.1, 0.15) is 0 Å². The molecule has 0 aliphatic heterocycles. The van der Waals surface area contributed by atoms with Crippen molar-refractivity contribution in [2.24, 2.45) is 5.10 Å². The maximum absolute atomic E-state index is 11.5. The highest BCUT2D eigenvalue weighted by molar-refractivity contribution is 5.81. The van der Waals surface area contributed by atoms with Gasteiger partial charge in [-0.25, -0.2) is 10.4 Å². The normalized spacial score (nSPS) is 10.9. The van der Waals surface area contributed by atoms with E-state index in [1.807, 2.05) is 0 Å². The maximum atomic E-state index is 11.5. The van der Waals surface area contributed by atoms with Crippen LogP contribution in [0.25, 0.3) is 0 Å². The number of benzene rings is 1. The van der Waals surface area contributed by atoms with E-state index >= 15 is 0 Å². The number of nitrogens with zero attached hydrogens (tertiary/aromatic N) is 2. The Bertz CT molecular complexity index is 722. The van der Waals surface area contributed by atoms with Crippen LogP contribution in [0, 0.1) is 13.8 Å². The molecule has 20 heavy (non-hydrogen) atoms. The highest BCUT2D eigenvalue weighted by Gasteiger charge is 2.02. The van der Waals surface area contributed by atoms with Crippen LogP contribution in [0.15, 0.2) is 28.1 Å². The minimum absolute atomic E-state index is 0.199. The van der Waals surface area contributed by atoms with Gasteiger partial charge in [-0.15, -0.1) is 0 Å². The molecule has 0 unspecified atom stereocenters. The Morgan fingerprint density at radius 1 is 1.30 bits per heavy atom. The number of hydrazone groups is 1. The number of phenols is 2. The Labute approximate surface area is 114 Å². The van der Waals surface area contributed by atoms with Gasteiger partial charge in [-0.05, 0) is 37.6 Å². The first kappa shape index (κ1) is 13.6. The van der Waals surface area contributed by atoms with E-state index in [9.17, 15) is 15.0 Å². The molecule has 0 saturated carbocycles. The first-order valence-electron chi connectivity index (χ1n) is 5.86. The fourth-order valence-electron chi connectivity index (χ4n) is 1.49. The Hall–Kier alpha value is -2.83. The zero-order valence-corrected chi connectivity index (χ0v) is 11.0. The van der Waals surface area contributed by atoms with Crippen molar-refractivity contribution >= 4 is 12.2 Å². The van der Waals surface area contributed by atoms with Crippen LogP contribution in [-0.2, 0) is 0 Å². The molecule has 0 radical (unpaired) electrons. The number of anilines is 1. The standard InChI is InChI=1S/C13H14N4O3/c1-7-8(2)15-13(16-12(7)20)17-14-6-9-3-4-10(18)11(19)5-9/h3-6,18-19H,1-2H3,(H2,15,16,17,20)/b14-6-. The summed E-state index contributed by atoms with van der Waals surface area (Å²) in [6.45, 7) is 3.42. The van der Waals surface area contributed by atoms with Crippen molar-refractivity contribution in [2.75, 3.05) is 5.43 Å². The lowest BCUT2D eigenvalue weighted by Gasteiger charge is -2.03. The van der Waals surface area contributed by atoms with Crippen molar-refractivity contribution in [3.05, 3.63) is 45.4 Å². The number of H-pyrrole nitrogens is 1. The topological polar surface area (TPSA) is 111 Å². The third-order valence-electron chi connectivity index (χ3n) is 2.78. The molecule has 1 heterocycles. The van der Waals surface area contributed by atoms with E-state index < -0.39 is 0 Å². The summed E-state index contributed by atoms with van der Waals surface area (Å²) in [5, 5.41) is 22.4. The number of hydrogen-bond donors (Lipinski definition) is 4. The van der Waals surface area contributed by atoms with E-state index in [-0.39, 0.29) is 23.0 Å². The number of aryl methyl sites for hydroxylation is 1. The van der Waals surface area contributed by atoms with Gasteiger partial charge in [-0.1, -0.05) is 0 Å². The summed E-state index contributed by atoms with van der Waals surface area (Å²) in [7, 11) is 0. The van der Waals surface area contributed by atoms with Gasteiger partial charge >= 0.3 is 0 Å².